The quantitative estimate of drug-likeness (QED) is 0.739. The minimum atomic E-state index is 0.0293. The summed E-state index contributed by atoms with van der Waals surface area (Å²) in [4.78, 5) is 17.8. The molecule has 5 nitrogen and oxygen atoms in total. The minimum Gasteiger partial charge on any atom is -0.358 e. The second-order valence-electron chi connectivity index (χ2n) is 4.20. The third kappa shape index (κ3) is 4.43. The molecule has 1 heterocycles. The normalized spacial score (nSPS) is 10.7. The summed E-state index contributed by atoms with van der Waals surface area (Å²) in [6.45, 7) is 4.53. The lowest BCUT2D eigenvalue weighted by Crippen LogP contribution is -2.36. The smallest absolute Gasteiger partial charge is 0.233 e. The van der Waals surface area contributed by atoms with Crippen molar-refractivity contribution in [3.63, 3.8) is 0 Å². The maximum atomic E-state index is 11.4. The SMILES string of the molecule is CCCN(CC(=O)NC)Cc1cccnc1CN. The first-order valence-corrected chi connectivity index (χ1v) is 6.27. The lowest BCUT2D eigenvalue weighted by Gasteiger charge is -2.21. The number of pyridine rings is 1. The van der Waals surface area contributed by atoms with Crippen molar-refractivity contribution in [2.24, 2.45) is 5.73 Å². The fraction of sp³-hybridized carbons (Fsp3) is 0.538. The Labute approximate surface area is 108 Å². The summed E-state index contributed by atoms with van der Waals surface area (Å²) >= 11 is 0. The van der Waals surface area contributed by atoms with Crippen LogP contribution in [0.2, 0.25) is 0 Å². The predicted octanol–water partition coefficient (Wildman–Crippen LogP) is 0.498. The van der Waals surface area contributed by atoms with Gasteiger partial charge in [0.15, 0.2) is 0 Å². The summed E-state index contributed by atoms with van der Waals surface area (Å²) in [6, 6.07) is 3.92. The number of carbonyl (C=O) groups is 1. The molecule has 0 radical (unpaired) electrons. The van der Waals surface area contributed by atoms with Gasteiger partial charge in [-0.15, -0.1) is 0 Å². The van der Waals surface area contributed by atoms with Gasteiger partial charge in [-0.05, 0) is 24.6 Å². The number of carbonyl (C=O) groups excluding carboxylic acids is 1. The Balaban J connectivity index is 2.72. The van der Waals surface area contributed by atoms with Crippen molar-refractivity contribution in [3.8, 4) is 0 Å². The van der Waals surface area contributed by atoms with Crippen LogP contribution in [0.25, 0.3) is 0 Å². The van der Waals surface area contributed by atoms with E-state index in [0.29, 0.717) is 19.6 Å². The van der Waals surface area contributed by atoms with E-state index in [9.17, 15) is 4.79 Å². The highest BCUT2D eigenvalue weighted by Crippen LogP contribution is 2.09. The van der Waals surface area contributed by atoms with Crippen LogP contribution in [0.4, 0.5) is 0 Å². The molecule has 0 saturated heterocycles. The zero-order valence-corrected chi connectivity index (χ0v) is 11.1. The number of amides is 1. The van der Waals surface area contributed by atoms with Gasteiger partial charge < -0.3 is 11.1 Å². The monoisotopic (exact) mass is 250 g/mol. The predicted molar refractivity (Wildman–Crippen MR) is 71.8 cm³/mol. The summed E-state index contributed by atoms with van der Waals surface area (Å²) in [5, 5.41) is 2.65. The first-order valence-electron chi connectivity index (χ1n) is 6.27. The van der Waals surface area contributed by atoms with Crippen LogP contribution < -0.4 is 11.1 Å². The fourth-order valence-electron chi connectivity index (χ4n) is 1.85. The molecule has 0 bridgehead atoms. The van der Waals surface area contributed by atoms with Gasteiger partial charge in [-0.25, -0.2) is 0 Å². The molecular formula is C13H22N4O. The zero-order chi connectivity index (χ0) is 13.4. The van der Waals surface area contributed by atoms with E-state index in [2.05, 4.69) is 22.1 Å². The van der Waals surface area contributed by atoms with Crippen molar-refractivity contribution in [2.75, 3.05) is 20.1 Å². The van der Waals surface area contributed by atoms with Crippen LogP contribution in [0.3, 0.4) is 0 Å². The highest BCUT2D eigenvalue weighted by Gasteiger charge is 2.11. The summed E-state index contributed by atoms with van der Waals surface area (Å²) in [5.41, 5.74) is 7.66. The van der Waals surface area contributed by atoms with Crippen LogP contribution in [-0.2, 0) is 17.9 Å². The molecule has 1 aromatic heterocycles. The van der Waals surface area contributed by atoms with E-state index in [1.165, 1.54) is 0 Å². The van der Waals surface area contributed by atoms with E-state index in [4.69, 9.17) is 5.73 Å². The van der Waals surface area contributed by atoms with Crippen LogP contribution in [0.5, 0.6) is 0 Å². The molecule has 0 atom stereocenters. The average molecular weight is 250 g/mol. The van der Waals surface area contributed by atoms with E-state index in [-0.39, 0.29) is 5.91 Å². The van der Waals surface area contributed by atoms with Crippen molar-refractivity contribution < 1.29 is 4.79 Å². The molecule has 1 aromatic rings. The van der Waals surface area contributed by atoms with Crippen LogP contribution >= 0.6 is 0 Å². The number of nitrogens with zero attached hydrogens (tertiary/aromatic N) is 2. The molecule has 0 aliphatic rings. The molecule has 0 aliphatic carbocycles. The zero-order valence-electron chi connectivity index (χ0n) is 11.1. The highest BCUT2D eigenvalue weighted by atomic mass is 16.1. The number of rotatable bonds is 7. The molecule has 100 valence electrons. The first-order chi connectivity index (χ1) is 8.71. The van der Waals surface area contributed by atoms with Crippen molar-refractivity contribution in [1.29, 1.82) is 0 Å². The molecule has 3 N–H and O–H groups in total. The molecule has 0 saturated carbocycles. The summed E-state index contributed by atoms with van der Waals surface area (Å²) in [6.07, 6.45) is 2.75. The number of aromatic nitrogens is 1. The van der Waals surface area contributed by atoms with Crippen molar-refractivity contribution in [3.05, 3.63) is 29.6 Å². The third-order valence-electron chi connectivity index (χ3n) is 2.76. The molecular weight excluding hydrogens is 228 g/mol. The molecule has 1 rings (SSSR count). The molecule has 0 aromatic carbocycles. The molecule has 0 fully saturated rings. The first kappa shape index (κ1) is 14.6. The summed E-state index contributed by atoms with van der Waals surface area (Å²) in [7, 11) is 1.65. The Morgan fingerprint density at radius 3 is 2.94 bits per heavy atom. The number of nitrogens with two attached hydrogens (primary N) is 1. The van der Waals surface area contributed by atoms with Crippen molar-refractivity contribution in [1.82, 2.24) is 15.2 Å². The molecule has 5 heteroatoms. The lowest BCUT2D eigenvalue weighted by molar-refractivity contribution is -0.121. The van der Waals surface area contributed by atoms with Crippen LogP contribution in [0.15, 0.2) is 18.3 Å². The maximum Gasteiger partial charge on any atom is 0.233 e. The molecule has 0 spiro atoms. The third-order valence-corrected chi connectivity index (χ3v) is 2.76. The Morgan fingerprint density at radius 1 is 1.56 bits per heavy atom. The fourth-order valence-corrected chi connectivity index (χ4v) is 1.85. The van der Waals surface area contributed by atoms with E-state index in [1.54, 1.807) is 13.2 Å². The van der Waals surface area contributed by atoms with E-state index < -0.39 is 0 Å². The van der Waals surface area contributed by atoms with Crippen molar-refractivity contribution in [2.45, 2.75) is 26.4 Å². The average Bonchev–Trinajstić information content (AvgIpc) is 2.39. The van der Waals surface area contributed by atoms with Gasteiger partial charge in [0.05, 0.1) is 12.2 Å². The van der Waals surface area contributed by atoms with Crippen LogP contribution in [-0.4, -0.2) is 35.9 Å². The Bertz CT molecular complexity index is 381. The van der Waals surface area contributed by atoms with Gasteiger partial charge >= 0.3 is 0 Å². The minimum absolute atomic E-state index is 0.0293. The maximum absolute atomic E-state index is 11.4. The lowest BCUT2D eigenvalue weighted by atomic mass is 10.1. The summed E-state index contributed by atoms with van der Waals surface area (Å²) < 4.78 is 0. The number of likely N-dealkylation sites (N-methyl/N-ethyl adjacent to an activating group) is 1. The Kier molecular flexibility index (Phi) is 6.32. The number of hydrogen-bond donors (Lipinski definition) is 2. The van der Waals surface area contributed by atoms with Gasteiger partial charge in [-0.3, -0.25) is 14.7 Å². The van der Waals surface area contributed by atoms with Gasteiger partial charge in [0.2, 0.25) is 5.91 Å². The standard InChI is InChI=1S/C13H22N4O/c1-3-7-17(10-13(18)15-2)9-11-5-4-6-16-12(11)8-14/h4-6H,3,7-10,14H2,1-2H3,(H,15,18). The van der Waals surface area contributed by atoms with E-state index in [0.717, 1.165) is 24.2 Å². The second-order valence-corrected chi connectivity index (χ2v) is 4.20. The van der Waals surface area contributed by atoms with E-state index >= 15 is 0 Å². The Morgan fingerprint density at radius 2 is 2.33 bits per heavy atom. The van der Waals surface area contributed by atoms with E-state index in [1.807, 2.05) is 12.1 Å². The second kappa shape index (κ2) is 7.79. The van der Waals surface area contributed by atoms with Gasteiger partial charge in [-0.1, -0.05) is 13.0 Å². The molecule has 0 aliphatic heterocycles. The topological polar surface area (TPSA) is 71.2 Å². The van der Waals surface area contributed by atoms with Crippen LogP contribution in [0.1, 0.15) is 24.6 Å². The molecule has 1 amide bonds. The molecule has 18 heavy (non-hydrogen) atoms. The number of nitrogens with one attached hydrogen (secondary N) is 1. The van der Waals surface area contributed by atoms with Gasteiger partial charge in [0.25, 0.3) is 0 Å². The van der Waals surface area contributed by atoms with Gasteiger partial charge in [0, 0.05) is 26.3 Å². The van der Waals surface area contributed by atoms with Gasteiger partial charge in [-0.2, -0.15) is 0 Å². The number of hydrogen-bond acceptors (Lipinski definition) is 4. The van der Waals surface area contributed by atoms with Crippen LogP contribution in [0, 0.1) is 0 Å². The van der Waals surface area contributed by atoms with Gasteiger partial charge in [0.1, 0.15) is 0 Å². The highest BCUT2D eigenvalue weighted by molar-refractivity contribution is 5.77. The largest absolute Gasteiger partial charge is 0.358 e. The Hall–Kier alpha value is -1.46. The summed E-state index contributed by atoms with van der Waals surface area (Å²) in [5.74, 6) is 0.0293. The molecule has 0 unspecified atom stereocenters. The van der Waals surface area contributed by atoms with Crippen molar-refractivity contribution >= 4 is 5.91 Å².